The Balaban J connectivity index is 2.25. The van der Waals surface area contributed by atoms with Crippen LogP contribution in [0.5, 0.6) is 0 Å². The van der Waals surface area contributed by atoms with Gasteiger partial charge >= 0.3 is 0 Å². The van der Waals surface area contributed by atoms with Crippen molar-refractivity contribution in [1.82, 2.24) is 10.0 Å². The largest absolute Gasteiger partial charge is 0.380 e. The molecule has 1 unspecified atom stereocenters. The third-order valence-electron chi connectivity index (χ3n) is 3.63. The first kappa shape index (κ1) is 16.4. The third kappa shape index (κ3) is 4.26. The van der Waals surface area contributed by atoms with Crippen LogP contribution in [0.15, 0.2) is 23.1 Å². The van der Waals surface area contributed by atoms with Crippen molar-refractivity contribution in [1.29, 1.82) is 0 Å². The molecule has 1 saturated heterocycles. The van der Waals surface area contributed by atoms with Crippen LogP contribution in [0.4, 0.5) is 0 Å². The molecule has 0 spiro atoms. The van der Waals surface area contributed by atoms with E-state index in [2.05, 4.69) is 10.0 Å². The minimum atomic E-state index is -3.49. The van der Waals surface area contributed by atoms with Gasteiger partial charge in [-0.1, -0.05) is 26.0 Å². The zero-order valence-corrected chi connectivity index (χ0v) is 13.5. The Morgan fingerprint density at radius 1 is 1.33 bits per heavy atom. The molecule has 2 N–H and O–H groups in total. The Labute approximate surface area is 127 Å². The molecule has 5 nitrogen and oxygen atoms in total. The molecule has 118 valence electrons. The highest BCUT2D eigenvalue weighted by Crippen LogP contribution is 2.20. The van der Waals surface area contributed by atoms with Crippen LogP contribution in [-0.4, -0.2) is 34.2 Å². The summed E-state index contributed by atoms with van der Waals surface area (Å²) in [5.41, 5.74) is 1.83. The molecule has 0 aromatic heterocycles. The molecular weight excluding hydrogens is 288 g/mol. The van der Waals surface area contributed by atoms with Crippen LogP contribution >= 0.6 is 0 Å². The molecular formula is C15H24N2O3S. The molecule has 1 atom stereocenters. The summed E-state index contributed by atoms with van der Waals surface area (Å²) in [4.78, 5) is 0.396. The lowest BCUT2D eigenvalue weighted by Gasteiger charge is -2.15. The van der Waals surface area contributed by atoms with E-state index in [1.165, 1.54) is 0 Å². The molecule has 0 saturated carbocycles. The number of hydrogen-bond acceptors (Lipinski definition) is 4. The van der Waals surface area contributed by atoms with Crippen LogP contribution in [0.1, 0.15) is 31.4 Å². The third-order valence-corrected chi connectivity index (χ3v) is 5.24. The monoisotopic (exact) mass is 312 g/mol. The lowest BCUT2D eigenvalue weighted by Crippen LogP contribution is -2.35. The molecule has 1 heterocycles. The first-order valence-electron chi connectivity index (χ1n) is 7.49. The van der Waals surface area contributed by atoms with E-state index in [1.807, 2.05) is 26.0 Å². The van der Waals surface area contributed by atoms with Crippen molar-refractivity contribution in [2.24, 2.45) is 0 Å². The molecule has 0 radical (unpaired) electrons. The smallest absolute Gasteiger partial charge is 0.241 e. The van der Waals surface area contributed by atoms with E-state index in [9.17, 15) is 8.42 Å². The van der Waals surface area contributed by atoms with Crippen LogP contribution in [-0.2, 0) is 27.7 Å². The molecule has 0 aliphatic carbocycles. The Hall–Kier alpha value is -0.950. The van der Waals surface area contributed by atoms with Crippen LogP contribution in [0.2, 0.25) is 0 Å². The van der Waals surface area contributed by atoms with E-state index < -0.39 is 10.0 Å². The van der Waals surface area contributed by atoms with Gasteiger partial charge < -0.3 is 10.1 Å². The second-order valence-electron chi connectivity index (χ2n) is 5.26. The van der Waals surface area contributed by atoms with Gasteiger partial charge in [-0.15, -0.1) is 0 Å². The fraction of sp³-hybridized carbons (Fsp3) is 0.600. The van der Waals surface area contributed by atoms with Crippen molar-refractivity contribution in [3.05, 3.63) is 29.3 Å². The van der Waals surface area contributed by atoms with Crippen molar-refractivity contribution < 1.29 is 13.2 Å². The molecule has 1 aromatic rings. The maximum absolute atomic E-state index is 12.6. The molecule has 2 rings (SSSR count). The van der Waals surface area contributed by atoms with Gasteiger partial charge in [0.05, 0.1) is 11.5 Å². The van der Waals surface area contributed by atoms with Gasteiger partial charge in [-0.2, -0.15) is 0 Å². The van der Waals surface area contributed by atoms with Crippen LogP contribution in [0, 0.1) is 0 Å². The van der Waals surface area contributed by atoms with E-state index in [-0.39, 0.29) is 6.04 Å². The second-order valence-corrected chi connectivity index (χ2v) is 6.94. The molecule has 1 aliphatic rings. The van der Waals surface area contributed by atoms with E-state index in [4.69, 9.17) is 4.74 Å². The van der Waals surface area contributed by atoms with Gasteiger partial charge in [-0.3, -0.25) is 0 Å². The molecule has 1 aliphatic heterocycles. The SMILES string of the molecule is CCNCc1ccc(CC)c(S(=O)(=O)NC2CCOC2)c1. The van der Waals surface area contributed by atoms with Gasteiger partial charge in [0, 0.05) is 19.2 Å². The zero-order chi connectivity index (χ0) is 15.3. The highest BCUT2D eigenvalue weighted by Gasteiger charge is 2.25. The number of nitrogens with one attached hydrogen (secondary N) is 2. The van der Waals surface area contributed by atoms with Crippen molar-refractivity contribution >= 4 is 10.0 Å². The molecule has 1 fully saturated rings. The van der Waals surface area contributed by atoms with Gasteiger partial charge in [-0.05, 0) is 36.6 Å². The minimum Gasteiger partial charge on any atom is -0.380 e. The summed E-state index contributed by atoms with van der Waals surface area (Å²) in [6, 6.07) is 5.56. The highest BCUT2D eigenvalue weighted by molar-refractivity contribution is 7.89. The quantitative estimate of drug-likeness (QED) is 0.799. The van der Waals surface area contributed by atoms with Gasteiger partial charge in [0.25, 0.3) is 0 Å². The first-order valence-corrected chi connectivity index (χ1v) is 8.97. The van der Waals surface area contributed by atoms with E-state index >= 15 is 0 Å². The number of rotatable bonds is 7. The summed E-state index contributed by atoms with van der Waals surface area (Å²) in [5, 5.41) is 3.22. The van der Waals surface area contributed by atoms with E-state index in [0.717, 1.165) is 24.1 Å². The van der Waals surface area contributed by atoms with Crippen molar-refractivity contribution in [3.8, 4) is 0 Å². The lowest BCUT2D eigenvalue weighted by atomic mass is 10.1. The molecule has 0 bridgehead atoms. The van der Waals surface area contributed by atoms with Gasteiger partial charge in [0.2, 0.25) is 10.0 Å². The van der Waals surface area contributed by atoms with Crippen molar-refractivity contribution in [3.63, 3.8) is 0 Å². The summed E-state index contributed by atoms with van der Waals surface area (Å²) in [6.07, 6.45) is 1.43. The second kappa shape index (κ2) is 7.35. The summed E-state index contributed by atoms with van der Waals surface area (Å²) in [5.74, 6) is 0. The van der Waals surface area contributed by atoms with Crippen molar-refractivity contribution in [2.45, 2.75) is 44.2 Å². The number of sulfonamides is 1. The van der Waals surface area contributed by atoms with Gasteiger partial charge in [-0.25, -0.2) is 13.1 Å². The average molecular weight is 312 g/mol. The van der Waals surface area contributed by atoms with E-state index in [1.54, 1.807) is 6.07 Å². The normalized spacial score (nSPS) is 19.0. The topological polar surface area (TPSA) is 67.4 Å². The molecule has 0 amide bonds. The predicted octanol–water partition coefficient (Wildman–Crippen LogP) is 1.43. The van der Waals surface area contributed by atoms with Gasteiger partial charge in [0.15, 0.2) is 0 Å². The summed E-state index contributed by atoms with van der Waals surface area (Å²) < 4.78 is 33.2. The van der Waals surface area contributed by atoms with Crippen LogP contribution < -0.4 is 10.0 Å². The molecule has 21 heavy (non-hydrogen) atoms. The Kier molecular flexibility index (Phi) is 5.75. The minimum absolute atomic E-state index is 0.114. The number of benzene rings is 1. The van der Waals surface area contributed by atoms with Crippen LogP contribution in [0.25, 0.3) is 0 Å². The predicted molar refractivity (Wildman–Crippen MR) is 82.7 cm³/mol. The maximum Gasteiger partial charge on any atom is 0.241 e. The number of hydrogen-bond donors (Lipinski definition) is 2. The summed E-state index contributed by atoms with van der Waals surface area (Å²) in [6.45, 7) is 6.60. The standard InChI is InChI=1S/C15H24N2O3S/c1-3-13-6-5-12(10-16-4-2)9-15(13)21(18,19)17-14-7-8-20-11-14/h5-6,9,14,16-17H,3-4,7-8,10-11H2,1-2H3. The van der Waals surface area contributed by atoms with Gasteiger partial charge in [0.1, 0.15) is 0 Å². The summed E-state index contributed by atoms with van der Waals surface area (Å²) in [7, 11) is -3.49. The highest BCUT2D eigenvalue weighted by atomic mass is 32.2. The number of ether oxygens (including phenoxy) is 1. The Morgan fingerprint density at radius 2 is 2.14 bits per heavy atom. The number of aryl methyl sites for hydroxylation is 1. The van der Waals surface area contributed by atoms with Crippen LogP contribution in [0.3, 0.4) is 0 Å². The summed E-state index contributed by atoms with van der Waals surface area (Å²) >= 11 is 0. The fourth-order valence-electron chi connectivity index (χ4n) is 2.43. The van der Waals surface area contributed by atoms with Crippen molar-refractivity contribution in [2.75, 3.05) is 19.8 Å². The zero-order valence-electron chi connectivity index (χ0n) is 12.7. The molecule has 6 heteroatoms. The fourth-order valence-corrected chi connectivity index (χ4v) is 4.05. The average Bonchev–Trinajstić information content (AvgIpc) is 2.97. The molecule has 1 aromatic carbocycles. The maximum atomic E-state index is 12.6. The Morgan fingerprint density at radius 3 is 2.76 bits per heavy atom. The Bertz CT molecular complexity index is 566. The van der Waals surface area contributed by atoms with E-state index in [0.29, 0.717) is 31.1 Å². The lowest BCUT2D eigenvalue weighted by molar-refractivity contribution is 0.192. The first-order chi connectivity index (χ1) is 10.1.